The van der Waals surface area contributed by atoms with Crippen LogP contribution in [0, 0.1) is 0 Å². The zero-order chi connectivity index (χ0) is 27.0. The van der Waals surface area contributed by atoms with Crippen LogP contribution < -0.4 is 20.1 Å². The average Bonchev–Trinajstić information content (AvgIpc) is 3.49. The molecule has 0 spiro atoms. The summed E-state index contributed by atoms with van der Waals surface area (Å²) in [5, 5.41) is 21.5. The molecule has 4 N–H and O–H groups in total. The molecule has 2 amide bonds. The molecule has 1 aliphatic rings. The van der Waals surface area contributed by atoms with Crippen molar-refractivity contribution in [2.45, 2.75) is 37.6 Å². The van der Waals surface area contributed by atoms with Gasteiger partial charge in [0, 0.05) is 36.4 Å². The highest BCUT2D eigenvalue weighted by atomic mass is 19.4. The molecule has 15 heteroatoms. The Labute approximate surface area is 208 Å². The van der Waals surface area contributed by atoms with Gasteiger partial charge in [0.05, 0.1) is 19.3 Å². The van der Waals surface area contributed by atoms with E-state index < -0.39 is 37.7 Å². The maximum absolute atomic E-state index is 12.3. The van der Waals surface area contributed by atoms with Crippen LogP contribution in [-0.2, 0) is 14.3 Å². The van der Waals surface area contributed by atoms with Crippen molar-refractivity contribution in [3.05, 3.63) is 29.5 Å². The van der Waals surface area contributed by atoms with E-state index in [4.69, 9.17) is 14.2 Å². The minimum absolute atomic E-state index is 0.0290. The fourth-order valence-corrected chi connectivity index (χ4v) is 3.72. The third-order valence-corrected chi connectivity index (χ3v) is 5.41. The number of aromatic amines is 1. The van der Waals surface area contributed by atoms with Gasteiger partial charge in [-0.25, -0.2) is 4.79 Å². The molecule has 2 aromatic rings. The van der Waals surface area contributed by atoms with Crippen LogP contribution in [0.15, 0.2) is 18.2 Å². The van der Waals surface area contributed by atoms with E-state index in [0.29, 0.717) is 31.2 Å². The van der Waals surface area contributed by atoms with Gasteiger partial charge in [0.1, 0.15) is 23.4 Å². The van der Waals surface area contributed by atoms with Crippen LogP contribution in [0.1, 0.15) is 41.2 Å². The number of amides is 2. The van der Waals surface area contributed by atoms with Crippen molar-refractivity contribution in [3.8, 4) is 17.2 Å². The van der Waals surface area contributed by atoms with Crippen molar-refractivity contribution in [3.63, 3.8) is 0 Å². The van der Waals surface area contributed by atoms with Crippen molar-refractivity contribution in [2.75, 3.05) is 32.2 Å². The number of H-pyrrole nitrogens is 1. The summed E-state index contributed by atoms with van der Waals surface area (Å²) in [7, 11) is 1.37. The fourth-order valence-electron chi connectivity index (χ4n) is 3.72. The maximum Gasteiger partial charge on any atom is 0.522 e. The largest absolute Gasteiger partial charge is 0.522 e. The summed E-state index contributed by atoms with van der Waals surface area (Å²) >= 11 is 0. The summed E-state index contributed by atoms with van der Waals surface area (Å²) in [5.41, 5.74) is 0.569. The number of hydrogen-bond acceptors (Lipinski definition) is 9. The lowest BCUT2D eigenvalue weighted by Crippen LogP contribution is -2.32. The summed E-state index contributed by atoms with van der Waals surface area (Å²) in [6.07, 6.45) is -3.99. The molecular formula is C22H25F3N4O8. The second-order valence-electron chi connectivity index (χ2n) is 7.98. The Hall–Kier alpha value is -4.01. The number of aromatic nitrogens is 2. The molecule has 202 valence electrons. The van der Waals surface area contributed by atoms with Gasteiger partial charge in [-0.2, -0.15) is 5.10 Å². The van der Waals surface area contributed by atoms with E-state index in [2.05, 4.69) is 25.6 Å². The molecule has 0 aliphatic heterocycles. The molecule has 12 nitrogen and oxygen atoms in total. The van der Waals surface area contributed by atoms with E-state index in [9.17, 15) is 32.7 Å². The zero-order valence-electron chi connectivity index (χ0n) is 19.6. The molecule has 1 aliphatic carbocycles. The molecule has 0 bridgehead atoms. The molecule has 37 heavy (non-hydrogen) atoms. The first-order valence-electron chi connectivity index (χ1n) is 11.1. The number of hydrogen-bond donors (Lipinski definition) is 4. The lowest BCUT2D eigenvalue weighted by Gasteiger charge is -2.13. The molecule has 3 rings (SSSR count). The van der Waals surface area contributed by atoms with Crippen molar-refractivity contribution < 1.29 is 51.6 Å². The van der Waals surface area contributed by atoms with Crippen LogP contribution in [0.4, 0.5) is 23.8 Å². The number of phenols is 1. The van der Waals surface area contributed by atoms with Gasteiger partial charge in [-0.05, 0) is 19.3 Å². The Morgan fingerprint density at radius 1 is 1.27 bits per heavy atom. The number of methoxy groups -OCH3 is 1. The summed E-state index contributed by atoms with van der Waals surface area (Å²) < 4.78 is 55.0. The SMILES string of the molecule is COc1cc(O)c(C=O)c(OCC(=O)Nc2cc([C@H]3CC[C@@H](OC(=O)NCCOC(F)(F)F)C3)[nH]n2)c1. The molecule has 2 atom stereocenters. The minimum Gasteiger partial charge on any atom is -0.507 e. The second-order valence-corrected chi connectivity index (χ2v) is 7.98. The predicted molar refractivity (Wildman–Crippen MR) is 120 cm³/mol. The van der Waals surface area contributed by atoms with Gasteiger partial charge in [0.25, 0.3) is 5.91 Å². The number of carbonyl (C=O) groups is 3. The number of nitrogens with one attached hydrogen (secondary N) is 3. The first-order valence-corrected chi connectivity index (χ1v) is 11.1. The molecular weight excluding hydrogens is 505 g/mol. The quantitative estimate of drug-likeness (QED) is 0.253. The molecule has 1 fully saturated rings. The molecule has 1 aromatic heterocycles. The summed E-state index contributed by atoms with van der Waals surface area (Å²) in [6.45, 7) is -1.55. The number of benzene rings is 1. The summed E-state index contributed by atoms with van der Waals surface area (Å²) in [6, 6.07) is 4.22. The number of nitrogens with zero attached hydrogens (tertiary/aromatic N) is 1. The van der Waals surface area contributed by atoms with Crippen LogP contribution in [0.5, 0.6) is 17.2 Å². The molecule has 1 aromatic carbocycles. The van der Waals surface area contributed by atoms with Crippen molar-refractivity contribution >= 4 is 24.1 Å². The summed E-state index contributed by atoms with van der Waals surface area (Å²) in [5.74, 6) is -0.541. The summed E-state index contributed by atoms with van der Waals surface area (Å²) in [4.78, 5) is 35.3. The number of aromatic hydroxyl groups is 1. The van der Waals surface area contributed by atoms with E-state index in [1.807, 2.05) is 0 Å². The molecule has 1 saturated carbocycles. The molecule has 0 saturated heterocycles. The number of phenolic OH excluding ortho intramolecular Hbond substituents is 1. The van der Waals surface area contributed by atoms with E-state index in [0.717, 1.165) is 0 Å². The number of alkyl carbamates (subject to hydrolysis) is 1. The molecule has 0 unspecified atom stereocenters. The van der Waals surface area contributed by atoms with Crippen molar-refractivity contribution in [1.82, 2.24) is 15.5 Å². The van der Waals surface area contributed by atoms with Gasteiger partial charge in [-0.15, -0.1) is 13.2 Å². The Kier molecular flexibility index (Phi) is 9.16. The van der Waals surface area contributed by atoms with Crippen LogP contribution >= 0.6 is 0 Å². The average molecular weight is 530 g/mol. The lowest BCUT2D eigenvalue weighted by atomic mass is 10.0. The predicted octanol–water partition coefficient (Wildman–Crippen LogP) is 2.85. The Bertz CT molecular complexity index is 1110. The number of carbonyl (C=O) groups excluding carboxylic acids is 3. The Morgan fingerprint density at radius 2 is 2.05 bits per heavy atom. The minimum atomic E-state index is -4.76. The van der Waals surface area contributed by atoms with E-state index in [-0.39, 0.29) is 41.1 Å². The van der Waals surface area contributed by atoms with E-state index >= 15 is 0 Å². The standard InChI is InChI=1S/C22H25F3N4O8/c1-34-14-7-17(31)15(10-30)18(8-14)35-11-20(32)27-19-9-16(28-29-19)12-2-3-13(6-12)37-21(33)26-4-5-36-22(23,24)25/h7-10,12-13,31H,2-6,11H2,1H3,(H,26,33)(H2,27,28,29,32)/t12-,13+/m0/s1. The van der Waals surface area contributed by atoms with Gasteiger partial charge >= 0.3 is 12.5 Å². The van der Waals surface area contributed by atoms with E-state index in [1.54, 1.807) is 6.07 Å². The molecule has 1 heterocycles. The highest BCUT2D eigenvalue weighted by molar-refractivity contribution is 5.91. The number of halogens is 3. The van der Waals surface area contributed by atoms with Gasteiger partial charge in [0.2, 0.25) is 0 Å². The number of ether oxygens (including phenoxy) is 4. The Balaban J connectivity index is 1.44. The third kappa shape index (κ3) is 8.27. The van der Waals surface area contributed by atoms with Gasteiger partial charge in [0.15, 0.2) is 18.7 Å². The smallest absolute Gasteiger partial charge is 0.507 e. The maximum atomic E-state index is 12.3. The topological polar surface area (TPSA) is 161 Å². The number of alkyl halides is 3. The van der Waals surface area contributed by atoms with Crippen LogP contribution in [0.2, 0.25) is 0 Å². The highest BCUT2D eigenvalue weighted by Crippen LogP contribution is 2.36. The number of anilines is 1. The monoisotopic (exact) mass is 530 g/mol. The Morgan fingerprint density at radius 3 is 2.76 bits per heavy atom. The second kappa shape index (κ2) is 12.3. The third-order valence-electron chi connectivity index (χ3n) is 5.41. The fraction of sp³-hybridized carbons (Fsp3) is 0.455. The van der Waals surface area contributed by atoms with Crippen LogP contribution in [0.3, 0.4) is 0 Å². The van der Waals surface area contributed by atoms with Crippen molar-refractivity contribution in [2.24, 2.45) is 0 Å². The van der Waals surface area contributed by atoms with Gasteiger partial charge in [-0.1, -0.05) is 0 Å². The van der Waals surface area contributed by atoms with Crippen molar-refractivity contribution in [1.29, 1.82) is 0 Å². The molecule has 0 radical (unpaired) electrons. The zero-order valence-corrected chi connectivity index (χ0v) is 19.6. The highest BCUT2D eigenvalue weighted by Gasteiger charge is 2.31. The first kappa shape index (κ1) is 27.6. The normalized spacial score (nSPS) is 17.2. The first-order chi connectivity index (χ1) is 17.6. The van der Waals surface area contributed by atoms with Gasteiger partial charge in [-0.3, -0.25) is 19.4 Å². The number of rotatable bonds is 11. The van der Waals surface area contributed by atoms with Gasteiger partial charge < -0.3 is 30.0 Å². The van der Waals surface area contributed by atoms with E-state index in [1.165, 1.54) is 19.2 Å². The van der Waals surface area contributed by atoms with Crippen LogP contribution in [0.25, 0.3) is 0 Å². The van der Waals surface area contributed by atoms with Crippen LogP contribution in [-0.4, -0.2) is 72.9 Å². The lowest BCUT2D eigenvalue weighted by molar-refractivity contribution is -0.323. The number of aldehydes is 1.